The minimum Gasteiger partial charge on any atom is -0.457 e. The zero-order valence-electron chi connectivity index (χ0n) is 11.3. The van der Waals surface area contributed by atoms with Crippen molar-refractivity contribution in [3.63, 3.8) is 0 Å². The number of aryl methyl sites for hydroxylation is 1. The molecule has 0 saturated carbocycles. The van der Waals surface area contributed by atoms with Gasteiger partial charge in [0.25, 0.3) is 0 Å². The third-order valence-corrected chi connectivity index (χ3v) is 4.18. The Morgan fingerprint density at radius 3 is 2.45 bits per heavy atom. The van der Waals surface area contributed by atoms with E-state index < -0.39 is 0 Å². The van der Waals surface area contributed by atoms with E-state index in [1.807, 2.05) is 36.4 Å². The standard InChI is InChI=1S/C16H17BrClNO/c1-2-11-9-13(5-6-16(11)18)20-14-4-3-12(7-8-19)15(17)10-14/h3-6,9-10H,2,7-8,19H2,1H3. The number of halogens is 2. The summed E-state index contributed by atoms with van der Waals surface area (Å²) in [7, 11) is 0. The summed E-state index contributed by atoms with van der Waals surface area (Å²) in [6, 6.07) is 11.7. The van der Waals surface area contributed by atoms with Crippen molar-refractivity contribution in [2.45, 2.75) is 19.8 Å². The minimum absolute atomic E-state index is 0.635. The van der Waals surface area contributed by atoms with Crippen molar-refractivity contribution in [2.75, 3.05) is 6.54 Å². The smallest absolute Gasteiger partial charge is 0.128 e. The van der Waals surface area contributed by atoms with E-state index >= 15 is 0 Å². The SMILES string of the molecule is CCc1cc(Oc2ccc(CCN)c(Br)c2)ccc1Cl. The molecule has 2 nitrogen and oxygen atoms in total. The predicted molar refractivity (Wildman–Crippen MR) is 87.8 cm³/mol. The highest BCUT2D eigenvalue weighted by molar-refractivity contribution is 9.10. The summed E-state index contributed by atoms with van der Waals surface area (Å²) in [6.07, 6.45) is 1.73. The van der Waals surface area contributed by atoms with Crippen molar-refractivity contribution >= 4 is 27.5 Å². The molecule has 0 fully saturated rings. The molecule has 0 bridgehead atoms. The Morgan fingerprint density at radius 1 is 1.10 bits per heavy atom. The molecule has 0 spiro atoms. The number of hydrogen-bond donors (Lipinski definition) is 1. The van der Waals surface area contributed by atoms with Gasteiger partial charge in [-0.3, -0.25) is 0 Å². The van der Waals surface area contributed by atoms with Crippen molar-refractivity contribution in [3.05, 3.63) is 57.0 Å². The van der Waals surface area contributed by atoms with Crippen LogP contribution in [0.4, 0.5) is 0 Å². The fourth-order valence-electron chi connectivity index (χ4n) is 1.97. The van der Waals surface area contributed by atoms with Gasteiger partial charge in [-0.25, -0.2) is 0 Å². The maximum atomic E-state index is 6.11. The molecule has 0 radical (unpaired) electrons. The van der Waals surface area contributed by atoms with E-state index in [0.717, 1.165) is 39.4 Å². The van der Waals surface area contributed by atoms with Crippen LogP contribution in [-0.2, 0) is 12.8 Å². The van der Waals surface area contributed by atoms with Crippen LogP contribution in [0.15, 0.2) is 40.9 Å². The summed E-state index contributed by atoms with van der Waals surface area (Å²) >= 11 is 9.65. The van der Waals surface area contributed by atoms with Crippen LogP contribution in [0, 0.1) is 0 Å². The maximum absolute atomic E-state index is 6.11. The molecular formula is C16H17BrClNO. The van der Waals surface area contributed by atoms with E-state index in [0.29, 0.717) is 6.54 Å². The quantitative estimate of drug-likeness (QED) is 0.823. The van der Waals surface area contributed by atoms with Gasteiger partial charge < -0.3 is 10.5 Å². The normalized spacial score (nSPS) is 10.6. The van der Waals surface area contributed by atoms with Gasteiger partial charge in [-0.2, -0.15) is 0 Å². The molecule has 2 rings (SSSR count). The van der Waals surface area contributed by atoms with Gasteiger partial charge in [0, 0.05) is 9.50 Å². The topological polar surface area (TPSA) is 35.2 Å². The Bertz CT molecular complexity index is 601. The summed E-state index contributed by atoms with van der Waals surface area (Å²) < 4.78 is 6.89. The van der Waals surface area contributed by atoms with Crippen LogP contribution in [-0.4, -0.2) is 6.54 Å². The van der Waals surface area contributed by atoms with Gasteiger partial charge in [0.2, 0.25) is 0 Å². The second-order valence-electron chi connectivity index (χ2n) is 4.50. The second-order valence-corrected chi connectivity index (χ2v) is 5.76. The van der Waals surface area contributed by atoms with Crippen molar-refractivity contribution in [1.82, 2.24) is 0 Å². The van der Waals surface area contributed by atoms with E-state index in [4.69, 9.17) is 22.1 Å². The number of benzene rings is 2. The van der Waals surface area contributed by atoms with Crippen LogP contribution in [0.2, 0.25) is 5.02 Å². The zero-order chi connectivity index (χ0) is 14.5. The lowest BCUT2D eigenvalue weighted by Gasteiger charge is -2.10. The third-order valence-electron chi connectivity index (χ3n) is 3.07. The maximum Gasteiger partial charge on any atom is 0.128 e. The predicted octanol–water partition coefficient (Wildman–Crippen LogP) is 4.96. The van der Waals surface area contributed by atoms with Crippen LogP contribution in [0.25, 0.3) is 0 Å². The van der Waals surface area contributed by atoms with Gasteiger partial charge in [0.15, 0.2) is 0 Å². The van der Waals surface area contributed by atoms with Crippen LogP contribution < -0.4 is 10.5 Å². The first-order chi connectivity index (χ1) is 9.63. The van der Waals surface area contributed by atoms with Gasteiger partial charge in [-0.15, -0.1) is 0 Å². The largest absolute Gasteiger partial charge is 0.457 e. The lowest BCUT2D eigenvalue weighted by molar-refractivity contribution is 0.481. The summed E-state index contributed by atoms with van der Waals surface area (Å²) in [5, 5.41) is 0.777. The monoisotopic (exact) mass is 353 g/mol. The fourth-order valence-corrected chi connectivity index (χ4v) is 2.78. The first-order valence-electron chi connectivity index (χ1n) is 6.58. The van der Waals surface area contributed by atoms with E-state index in [-0.39, 0.29) is 0 Å². The number of rotatable bonds is 5. The average Bonchev–Trinajstić information content (AvgIpc) is 2.44. The molecule has 4 heteroatoms. The lowest BCUT2D eigenvalue weighted by Crippen LogP contribution is -2.03. The number of hydrogen-bond acceptors (Lipinski definition) is 2. The van der Waals surface area contributed by atoms with Crippen molar-refractivity contribution in [2.24, 2.45) is 5.73 Å². The average molecular weight is 355 g/mol. The molecule has 0 amide bonds. The first kappa shape index (κ1) is 15.4. The Hall–Kier alpha value is -1.03. The second kappa shape index (κ2) is 7.11. The molecule has 2 aromatic rings. The molecule has 0 aromatic heterocycles. The molecule has 0 aliphatic carbocycles. The van der Waals surface area contributed by atoms with Crippen LogP contribution in [0.5, 0.6) is 11.5 Å². The molecule has 20 heavy (non-hydrogen) atoms. The van der Waals surface area contributed by atoms with E-state index in [9.17, 15) is 0 Å². The zero-order valence-corrected chi connectivity index (χ0v) is 13.7. The molecule has 0 aliphatic rings. The Kier molecular flexibility index (Phi) is 5.46. The molecule has 0 heterocycles. The van der Waals surface area contributed by atoms with Crippen LogP contribution >= 0.6 is 27.5 Å². The highest BCUT2D eigenvalue weighted by Gasteiger charge is 2.05. The first-order valence-corrected chi connectivity index (χ1v) is 7.76. The molecule has 0 unspecified atom stereocenters. The van der Waals surface area contributed by atoms with Crippen molar-refractivity contribution < 1.29 is 4.74 Å². The van der Waals surface area contributed by atoms with E-state index in [1.54, 1.807) is 0 Å². The van der Waals surface area contributed by atoms with Gasteiger partial charge >= 0.3 is 0 Å². The van der Waals surface area contributed by atoms with Gasteiger partial charge in [-0.05, 0) is 60.8 Å². The highest BCUT2D eigenvalue weighted by Crippen LogP contribution is 2.29. The molecule has 2 aromatic carbocycles. The molecule has 106 valence electrons. The molecule has 0 saturated heterocycles. The third kappa shape index (κ3) is 3.75. The van der Waals surface area contributed by atoms with E-state index in [1.165, 1.54) is 5.56 Å². The molecule has 0 atom stereocenters. The Labute approximate surface area is 133 Å². The number of nitrogens with two attached hydrogens (primary N) is 1. The van der Waals surface area contributed by atoms with Gasteiger partial charge in [0.1, 0.15) is 11.5 Å². The summed E-state index contributed by atoms with van der Waals surface area (Å²) in [5.74, 6) is 1.59. The number of ether oxygens (including phenoxy) is 1. The molecule has 0 aliphatic heterocycles. The van der Waals surface area contributed by atoms with Gasteiger partial charge in [-0.1, -0.05) is 40.5 Å². The Balaban J connectivity index is 2.19. The summed E-state index contributed by atoms with van der Waals surface area (Å²) in [6.45, 7) is 2.71. The lowest BCUT2D eigenvalue weighted by atomic mass is 10.1. The van der Waals surface area contributed by atoms with Crippen LogP contribution in [0.1, 0.15) is 18.1 Å². The Morgan fingerprint density at radius 2 is 1.80 bits per heavy atom. The fraction of sp³-hybridized carbons (Fsp3) is 0.250. The van der Waals surface area contributed by atoms with Crippen LogP contribution in [0.3, 0.4) is 0 Å². The van der Waals surface area contributed by atoms with Gasteiger partial charge in [0.05, 0.1) is 0 Å². The summed E-state index contributed by atoms with van der Waals surface area (Å²) in [4.78, 5) is 0. The van der Waals surface area contributed by atoms with Crippen molar-refractivity contribution in [3.8, 4) is 11.5 Å². The summed E-state index contributed by atoms with van der Waals surface area (Å²) in [5.41, 5.74) is 7.84. The minimum atomic E-state index is 0.635. The highest BCUT2D eigenvalue weighted by atomic mass is 79.9. The van der Waals surface area contributed by atoms with E-state index in [2.05, 4.69) is 22.9 Å². The molecule has 2 N–H and O–H groups in total. The molecular weight excluding hydrogens is 338 g/mol. The van der Waals surface area contributed by atoms with Crippen molar-refractivity contribution in [1.29, 1.82) is 0 Å².